The molecule has 0 fully saturated rings. The highest BCUT2D eigenvalue weighted by Gasteiger charge is 2.32. The Labute approximate surface area is 172 Å². The lowest BCUT2D eigenvalue weighted by molar-refractivity contribution is -0.137. The van der Waals surface area contributed by atoms with E-state index in [9.17, 15) is 22.8 Å². The normalized spacial score (nSPS) is 11.8. The molecule has 0 radical (unpaired) electrons. The molecule has 2 N–H and O–H groups in total. The van der Waals surface area contributed by atoms with Crippen molar-refractivity contribution in [3.05, 3.63) is 70.2 Å². The summed E-state index contributed by atoms with van der Waals surface area (Å²) in [7, 11) is 0. The van der Waals surface area contributed by atoms with Gasteiger partial charge in [0.25, 0.3) is 5.91 Å². The van der Waals surface area contributed by atoms with Crippen LogP contribution in [0.3, 0.4) is 0 Å². The van der Waals surface area contributed by atoms with Gasteiger partial charge in [-0.3, -0.25) is 9.59 Å². The third-order valence-electron chi connectivity index (χ3n) is 4.44. The lowest BCUT2D eigenvalue weighted by Crippen LogP contribution is -2.38. The fraction of sp³-hybridized carbons (Fsp3) is 0.333. The lowest BCUT2D eigenvalue weighted by Gasteiger charge is -2.26. The molecule has 8 heteroatoms. The molecule has 2 amide bonds. The van der Waals surface area contributed by atoms with Gasteiger partial charge in [-0.05, 0) is 35.9 Å². The molecule has 0 bridgehead atoms. The fourth-order valence-corrected chi connectivity index (χ4v) is 2.75. The van der Waals surface area contributed by atoms with Crippen molar-refractivity contribution < 1.29 is 22.8 Å². The number of hydrogen-bond donors (Lipinski definition) is 2. The molecule has 29 heavy (non-hydrogen) atoms. The van der Waals surface area contributed by atoms with Crippen LogP contribution in [0, 0.1) is 0 Å². The quantitative estimate of drug-likeness (QED) is 0.681. The number of nitrogens with one attached hydrogen (secondary N) is 2. The van der Waals surface area contributed by atoms with E-state index >= 15 is 0 Å². The smallest absolute Gasteiger partial charge is 0.355 e. The van der Waals surface area contributed by atoms with E-state index in [0.717, 1.165) is 12.1 Å². The number of carbonyl (C=O) groups is 2. The van der Waals surface area contributed by atoms with Crippen molar-refractivity contribution in [1.82, 2.24) is 10.6 Å². The van der Waals surface area contributed by atoms with Crippen LogP contribution in [0.15, 0.2) is 48.5 Å². The van der Waals surface area contributed by atoms with Gasteiger partial charge in [0, 0.05) is 35.5 Å². The second-order valence-corrected chi connectivity index (χ2v) is 7.69. The first-order valence-corrected chi connectivity index (χ1v) is 9.35. The maximum absolute atomic E-state index is 12.9. The number of benzene rings is 2. The fourth-order valence-electron chi connectivity index (χ4n) is 2.62. The third-order valence-corrected chi connectivity index (χ3v) is 4.69. The Hall–Kier alpha value is -2.54. The number of alkyl halides is 3. The van der Waals surface area contributed by atoms with Crippen molar-refractivity contribution in [2.75, 3.05) is 13.1 Å². The Morgan fingerprint density at radius 2 is 1.59 bits per heavy atom. The van der Waals surface area contributed by atoms with Crippen molar-refractivity contribution in [3.63, 3.8) is 0 Å². The monoisotopic (exact) mass is 426 g/mol. The molecular weight excluding hydrogens is 405 g/mol. The van der Waals surface area contributed by atoms with Gasteiger partial charge in [0.05, 0.1) is 5.56 Å². The highest BCUT2D eigenvalue weighted by Crippen LogP contribution is 2.32. The second-order valence-electron chi connectivity index (χ2n) is 7.25. The van der Waals surface area contributed by atoms with Crippen molar-refractivity contribution in [2.45, 2.75) is 31.9 Å². The molecule has 2 rings (SSSR count). The van der Waals surface area contributed by atoms with E-state index in [-0.39, 0.29) is 31.3 Å². The molecule has 2 aromatic rings. The van der Waals surface area contributed by atoms with E-state index in [0.29, 0.717) is 16.1 Å². The summed E-state index contributed by atoms with van der Waals surface area (Å²) >= 11 is 5.77. The van der Waals surface area contributed by atoms with Gasteiger partial charge in [-0.1, -0.05) is 43.6 Å². The maximum atomic E-state index is 12.9. The van der Waals surface area contributed by atoms with Gasteiger partial charge in [0.1, 0.15) is 0 Å². The zero-order valence-electron chi connectivity index (χ0n) is 16.1. The Morgan fingerprint density at radius 1 is 0.966 bits per heavy atom. The minimum Gasteiger partial charge on any atom is -0.355 e. The van der Waals surface area contributed by atoms with Gasteiger partial charge >= 0.3 is 6.18 Å². The number of rotatable bonds is 7. The van der Waals surface area contributed by atoms with Gasteiger partial charge in [-0.25, -0.2) is 0 Å². The Bertz CT molecular complexity index is 865. The molecule has 0 aliphatic rings. The molecule has 0 aliphatic carbocycles. The summed E-state index contributed by atoms with van der Waals surface area (Å²) in [5.41, 5.74) is -0.507. The highest BCUT2D eigenvalue weighted by atomic mass is 35.5. The summed E-state index contributed by atoms with van der Waals surface area (Å²) in [6.07, 6.45) is -4.37. The van der Waals surface area contributed by atoms with Crippen LogP contribution < -0.4 is 10.6 Å². The first-order chi connectivity index (χ1) is 13.5. The van der Waals surface area contributed by atoms with Crippen molar-refractivity contribution in [3.8, 4) is 0 Å². The van der Waals surface area contributed by atoms with Crippen LogP contribution >= 0.6 is 11.6 Å². The van der Waals surface area contributed by atoms with E-state index in [1.165, 1.54) is 6.07 Å². The van der Waals surface area contributed by atoms with Crippen molar-refractivity contribution >= 4 is 23.4 Å². The molecule has 0 heterocycles. The van der Waals surface area contributed by atoms with E-state index in [1.807, 2.05) is 0 Å². The van der Waals surface area contributed by atoms with Crippen LogP contribution in [0.2, 0.25) is 5.02 Å². The number of halogens is 4. The van der Waals surface area contributed by atoms with Gasteiger partial charge in [0.2, 0.25) is 5.91 Å². The molecule has 2 aromatic carbocycles. The molecule has 0 spiro atoms. The lowest BCUT2D eigenvalue weighted by atomic mass is 9.83. The SMILES string of the molecule is CC(C)(CNC(=O)CCNC(=O)c1ccc(Cl)cc1)c1cccc(C(F)(F)F)c1. The Balaban J connectivity index is 1.83. The van der Waals surface area contributed by atoms with Crippen LogP contribution in [0.1, 0.15) is 41.8 Å². The number of amides is 2. The number of carbonyl (C=O) groups excluding carboxylic acids is 2. The second kappa shape index (κ2) is 9.31. The standard InChI is InChI=1S/C21H22ClF3N2O2/c1-20(2,15-4-3-5-16(12-15)21(23,24)25)13-27-18(28)10-11-26-19(29)14-6-8-17(22)9-7-14/h3-9,12H,10-11,13H2,1-2H3,(H,26,29)(H,27,28). The zero-order chi connectivity index (χ0) is 21.7. The summed E-state index contributed by atoms with van der Waals surface area (Å²) in [5, 5.41) is 5.86. The molecule has 0 aliphatic heterocycles. The van der Waals surface area contributed by atoms with E-state index in [2.05, 4.69) is 10.6 Å². The maximum Gasteiger partial charge on any atom is 0.416 e. The minimum atomic E-state index is -4.42. The molecule has 0 saturated heterocycles. The van der Waals surface area contributed by atoms with Gasteiger partial charge in [0.15, 0.2) is 0 Å². The average molecular weight is 427 g/mol. The Kier molecular flexibility index (Phi) is 7.30. The summed E-state index contributed by atoms with van der Waals surface area (Å²) in [5.74, 6) is -0.625. The van der Waals surface area contributed by atoms with Crippen LogP contribution in [0.5, 0.6) is 0 Å². The molecule has 4 nitrogen and oxygen atoms in total. The summed E-state index contributed by atoms with van der Waals surface area (Å²) in [4.78, 5) is 24.0. The average Bonchev–Trinajstić information content (AvgIpc) is 2.66. The molecule has 0 unspecified atom stereocenters. The van der Waals surface area contributed by atoms with Gasteiger partial charge in [-0.15, -0.1) is 0 Å². The molecule has 0 atom stereocenters. The first-order valence-electron chi connectivity index (χ1n) is 8.97. The molecule has 0 saturated carbocycles. The Morgan fingerprint density at radius 3 is 2.21 bits per heavy atom. The summed E-state index contributed by atoms with van der Waals surface area (Å²) in [6.45, 7) is 3.81. The van der Waals surface area contributed by atoms with Crippen molar-refractivity contribution in [2.24, 2.45) is 0 Å². The highest BCUT2D eigenvalue weighted by molar-refractivity contribution is 6.30. The van der Waals surface area contributed by atoms with Crippen LogP contribution in [0.25, 0.3) is 0 Å². The molecule has 156 valence electrons. The minimum absolute atomic E-state index is 0.0536. The van der Waals surface area contributed by atoms with Gasteiger partial charge < -0.3 is 10.6 Å². The molecule has 0 aromatic heterocycles. The van der Waals surface area contributed by atoms with E-state index in [4.69, 9.17) is 11.6 Å². The van der Waals surface area contributed by atoms with E-state index in [1.54, 1.807) is 44.2 Å². The van der Waals surface area contributed by atoms with Gasteiger partial charge in [-0.2, -0.15) is 13.2 Å². The zero-order valence-corrected chi connectivity index (χ0v) is 16.8. The van der Waals surface area contributed by atoms with Crippen molar-refractivity contribution in [1.29, 1.82) is 0 Å². The largest absolute Gasteiger partial charge is 0.416 e. The van der Waals surface area contributed by atoms with Crippen LogP contribution in [0.4, 0.5) is 13.2 Å². The molecular formula is C21H22ClF3N2O2. The van der Waals surface area contributed by atoms with Crippen LogP contribution in [-0.4, -0.2) is 24.9 Å². The number of hydrogen-bond acceptors (Lipinski definition) is 2. The predicted molar refractivity (Wildman–Crippen MR) is 106 cm³/mol. The summed E-state index contributed by atoms with van der Waals surface area (Å²) < 4.78 is 38.7. The van der Waals surface area contributed by atoms with E-state index < -0.39 is 17.2 Å². The summed E-state index contributed by atoms with van der Waals surface area (Å²) in [6, 6.07) is 11.4. The topological polar surface area (TPSA) is 58.2 Å². The first kappa shape index (κ1) is 22.7. The predicted octanol–water partition coefficient (Wildman–Crippen LogP) is 4.57. The van der Waals surface area contributed by atoms with Crippen LogP contribution in [-0.2, 0) is 16.4 Å². The third kappa shape index (κ3) is 6.78.